The van der Waals surface area contributed by atoms with Crippen LogP contribution in [0.2, 0.25) is 0 Å². The highest BCUT2D eigenvalue weighted by atomic mass is 32.2. The summed E-state index contributed by atoms with van der Waals surface area (Å²) in [4.78, 5) is 0. The van der Waals surface area contributed by atoms with E-state index in [1.807, 2.05) is 0 Å². The van der Waals surface area contributed by atoms with Gasteiger partial charge in [0.25, 0.3) is 0 Å². The molecule has 0 aliphatic rings. The van der Waals surface area contributed by atoms with Crippen LogP contribution in [0, 0.1) is 0 Å². The van der Waals surface area contributed by atoms with Gasteiger partial charge in [-0.1, -0.05) is 6.92 Å². The van der Waals surface area contributed by atoms with Gasteiger partial charge in [-0.3, -0.25) is 0 Å². The smallest absolute Gasteiger partial charge is 0.150 e. The molecule has 12 heavy (non-hydrogen) atoms. The number of nitrogens with two attached hydrogens (primary N) is 1. The Morgan fingerprint density at radius 3 is 2.42 bits per heavy atom. The fourth-order valence-corrected chi connectivity index (χ4v) is 2.28. The Bertz CT molecular complexity index is 203. The van der Waals surface area contributed by atoms with Crippen LogP contribution in [0.15, 0.2) is 0 Å². The molecule has 2 N–H and O–H groups in total. The Kier molecular flexibility index (Phi) is 5.41. The maximum atomic E-state index is 12.5. The maximum absolute atomic E-state index is 12.5. The second-order valence-corrected chi connectivity index (χ2v) is 5.08. The quantitative estimate of drug-likeness (QED) is 0.674. The first kappa shape index (κ1) is 11.8. The van der Waals surface area contributed by atoms with Crippen molar-refractivity contribution in [3.63, 3.8) is 0 Å². The summed E-state index contributed by atoms with van der Waals surface area (Å²) in [5, 5.41) is 0. The molecule has 1 unspecified atom stereocenters. The van der Waals surface area contributed by atoms with Crippen molar-refractivity contribution in [2.75, 3.05) is 18.1 Å². The normalized spacial score (nSPS) is 14.6. The first-order chi connectivity index (χ1) is 5.52. The standard InChI is InChI=1S/C7H16FNO2S/c1-2-4-12(10,11)5-3-7(8)6-9/h7H,2-6,9H2,1H3. The average molecular weight is 197 g/mol. The zero-order chi connectivity index (χ0) is 9.61. The van der Waals surface area contributed by atoms with Gasteiger partial charge in [0.2, 0.25) is 0 Å². The zero-order valence-electron chi connectivity index (χ0n) is 7.29. The molecule has 0 radical (unpaired) electrons. The van der Waals surface area contributed by atoms with Crippen LogP contribution in [0.1, 0.15) is 19.8 Å². The van der Waals surface area contributed by atoms with Gasteiger partial charge in [-0.05, 0) is 12.8 Å². The summed E-state index contributed by atoms with van der Waals surface area (Å²) in [6, 6.07) is 0. The minimum absolute atomic E-state index is 0.0266. The third-order valence-corrected chi connectivity index (χ3v) is 3.40. The van der Waals surface area contributed by atoms with Crippen LogP contribution < -0.4 is 5.73 Å². The van der Waals surface area contributed by atoms with Gasteiger partial charge >= 0.3 is 0 Å². The summed E-state index contributed by atoms with van der Waals surface area (Å²) in [5.41, 5.74) is 5.01. The first-order valence-electron chi connectivity index (χ1n) is 4.06. The summed E-state index contributed by atoms with van der Waals surface area (Å²) in [7, 11) is -3.03. The molecule has 0 aliphatic heterocycles. The van der Waals surface area contributed by atoms with Gasteiger partial charge in [0.15, 0.2) is 0 Å². The largest absolute Gasteiger partial charge is 0.328 e. The van der Waals surface area contributed by atoms with E-state index in [0.717, 1.165) is 0 Å². The Balaban J connectivity index is 3.76. The number of hydrogen-bond acceptors (Lipinski definition) is 3. The van der Waals surface area contributed by atoms with Gasteiger partial charge in [-0.25, -0.2) is 12.8 Å². The summed E-state index contributed by atoms with van der Waals surface area (Å²) >= 11 is 0. The van der Waals surface area contributed by atoms with Gasteiger partial charge in [0.1, 0.15) is 16.0 Å². The van der Waals surface area contributed by atoms with E-state index in [1.54, 1.807) is 6.92 Å². The van der Waals surface area contributed by atoms with E-state index >= 15 is 0 Å². The molecule has 0 fully saturated rings. The SMILES string of the molecule is CCCS(=O)(=O)CCC(F)CN. The molecule has 0 saturated heterocycles. The van der Waals surface area contributed by atoms with Crippen molar-refractivity contribution in [3.05, 3.63) is 0 Å². The highest BCUT2D eigenvalue weighted by Gasteiger charge is 2.12. The highest BCUT2D eigenvalue weighted by Crippen LogP contribution is 2.01. The van der Waals surface area contributed by atoms with E-state index in [4.69, 9.17) is 5.73 Å². The summed E-state index contributed by atoms with van der Waals surface area (Å²) < 4.78 is 34.6. The van der Waals surface area contributed by atoms with E-state index in [-0.39, 0.29) is 24.5 Å². The highest BCUT2D eigenvalue weighted by molar-refractivity contribution is 7.91. The molecule has 0 aromatic heterocycles. The van der Waals surface area contributed by atoms with E-state index in [9.17, 15) is 12.8 Å². The number of alkyl halides is 1. The Morgan fingerprint density at radius 2 is 2.00 bits per heavy atom. The Hall–Kier alpha value is -0.160. The van der Waals surface area contributed by atoms with Crippen LogP contribution in [0.5, 0.6) is 0 Å². The second kappa shape index (κ2) is 5.48. The van der Waals surface area contributed by atoms with Crippen molar-refractivity contribution in [2.45, 2.75) is 25.9 Å². The molecule has 0 aromatic rings. The number of hydrogen-bond donors (Lipinski definition) is 1. The van der Waals surface area contributed by atoms with E-state index < -0.39 is 16.0 Å². The monoisotopic (exact) mass is 197 g/mol. The molecule has 3 nitrogen and oxygen atoms in total. The lowest BCUT2D eigenvalue weighted by Crippen LogP contribution is -2.20. The molecular formula is C7H16FNO2S. The molecule has 1 atom stereocenters. The molecule has 0 bridgehead atoms. The minimum atomic E-state index is -3.03. The predicted molar refractivity (Wildman–Crippen MR) is 47.5 cm³/mol. The molecule has 0 rings (SSSR count). The fraction of sp³-hybridized carbons (Fsp3) is 1.00. The van der Waals surface area contributed by atoms with Crippen LogP contribution in [0.3, 0.4) is 0 Å². The zero-order valence-corrected chi connectivity index (χ0v) is 8.11. The fourth-order valence-electron chi connectivity index (χ4n) is 0.838. The van der Waals surface area contributed by atoms with Crippen LogP contribution >= 0.6 is 0 Å². The minimum Gasteiger partial charge on any atom is -0.328 e. The van der Waals surface area contributed by atoms with Gasteiger partial charge in [0.05, 0.1) is 5.75 Å². The maximum Gasteiger partial charge on any atom is 0.150 e. The first-order valence-corrected chi connectivity index (χ1v) is 5.88. The van der Waals surface area contributed by atoms with Crippen LogP contribution in [-0.2, 0) is 9.84 Å². The van der Waals surface area contributed by atoms with Crippen molar-refractivity contribution >= 4 is 9.84 Å². The molecule has 5 heteroatoms. The van der Waals surface area contributed by atoms with Gasteiger partial charge in [0, 0.05) is 12.3 Å². The van der Waals surface area contributed by atoms with Crippen molar-refractivity contribution in [1.82, 2.24) is 0 Å². The third kappa shape index (κ3) is 5.49. The average Bonchev–Trinajstić information content (AvgIpc) is 2.00. The van der Waals surface area contributed by atoms with E-state index in [1.165, 1.54) is 0 Å². The number of halogens is 1. The summed E-state index contributed by atoms with van der Waals surface area (Å²) in [6.07, 6.45) is -0.572. The molecule has 0 saturated carbocycles. The van der Waals surface area contributed by atoms with Crippen LogP contribution in [0.25, 0.3) is 0 Å². The van der Waals surface area contributed by atoms with Crippen molar-refractivity contribution in [1.29, 1.82) is 0 Å². The van der Waals surface area contributed by atoms with Crippen molar-refractivity contribution in [3.8, 4) is 0 Å². The number of sulfone groups is 1. The molecular weight excluding hydrogens is 181 g/mol. The van der Waals surface area contributed by atoms with Crippen LogP contribution in [0.4, 0.5) is 4.39 Å². The van der Waals surface area contributed by atoms with Crippen molar-refractivity contribution < 1.29 is 12.8 Å². The lowest BCUT2D eigenvalue weighted by atomic mass is 10.3. The van der Waals surface area contributed by atoms with Crippen LogP contribution in [-0.4, -0.2) is 32.6 Å². The lowest BCUT2D eigenvalue weighted by molar-refractivity contribution is 0.333. The predicted octanol–water partition coefficient (Wildman–Crippen LogP) is 0.498. The van der Waals surface area contributed by atoms with Gasteiger partial charge < -0.3 is 5.73 Å². The third-order valence-electron chi connectivity index (χ3n) is 1.51. The Labute approximate surface area is 73.1 Å². The molecule has 0 aromatic carbocycles. The second-order valence-electron chi connectivity index (χ2n) is 2.77. The summed E-state index contributed by atoms with van der Waals surface area (Å²) in [5.74, 6) is 0.0590. The van der Waals surface area contributed by atoms with E-state index in [2.05, 4.69) is 0 Å². The summed E-state index contributed by atoms with van der Waals surface area (Å²) in [6.45, 7) is 1.69. The molecule has 0 heterocycles. The molecule has 0 aliphatic carbocycles. The topological polar surface area (TPSA) is 60.2 Å². The Morgan fingerprint density at radius 1 is 1.42 bits per heavy atom. The lowest BCUT2D eigenvalue weighted by Gasteiger charge is -2.04. The number of rotatable bonds is 6. The molecule has 0 amide bonds. The van der Waals surface area contributed by atoms with Gasteiger partial charge in [-0.15, -0.1) is 0 Å². The van der Waals surface area contributed by atoms with E-state index in [0.29, 0.717) is 6.42 Å². The molecule has 74 valence electrons. The molecule has 0 spiro atoms. The van der Waals surface area contributed by atoms with Crippen molar-refractivity contribution in [2.24, 2.45) is 5.73 Å². The van der Waals surface area contributed by atoms with Gasteiger partial charge in [-0.2, -0.15) is 0 Å².